The Hall–Kier alpha value is -0.870. The number of allylic oxidation sites excluding steroid dienone is 2. The first-order chi connectivity index (χ1) is 11.3. The summed E-state index contributed by atoms with van der Waals surface area (Å²) in [5, 5.41) is 8.60. The molecule has 4 heteroatoms. The Bertz CT molecular complexity index is 360. The average Bonchev–Trinajstić information content (AvgIpc) is 2.99. The van der Waals surface area contributed by atoms with Crippen LogP contribution in [0.4, 0.5) is 0 Å². The van der Waals surface area contributed by atoms with Crippen molar-refractivity contribution in [3.63, 3.8) is 0 Å². The second-order valence-electron chi connectivity index (χ2n) is 6.97. The molecule has 2 fully saturated rings. The highest BCUT2D eigenvalue weighted by molar-refractivity contribution is 5.66. The van der Waals surface area contributed by atoms with Gasteiger partial charge in [0.05, 0.1) is 12.7 Å². The van der Waals surface area contributed by atoms with Gasteiger partial charge in [0.25, 0.3) is 0 Å². The minimum atomic E-state index is -0.708. The summed E-state index contributed by atoms with van der Waals surface area (Å²) < 4.78 is 11.7. The van der Waals surface area contributed by atoms with Crippen molar-refractivity contribution in [3.8, 4) is 0 Å². The topological polar surface area (TPSA) is 55.8 Å². The first-order valence-corrected chi connectivity index (χ1v) is 9.32. The lowest BCUT2D eigenvalue weighted by atomic mass is 9.90. The minimum absolute atomic E-state index is 0.262. The van der Waals surface area contributed by atoms with Crippen LogP contribution >= 0.6 is 0 Å². The van der Waals surface area contributed by atoms with Crippen LogP contribution in [0.2, 0.25) is 0 Å². The van der Waals surface area contributed by atoms with Crippen molar-refractivity contribution in [2.45, 2.75) is 70.3 Å². The van der Waals surface area contributed by atoms with E-state index in [0.717, 1.165) is 45.5 Å². The molecule has 132 valence electrons. The molecule has 2 atom stereocenters. The van der Waals surface area contributed by atoms with Crippen molar-refractivity contribution in [2.24, 2.45) is 11.8 Å². The van der Waals surface area contributed by atoms with Gasteiger partial charge in [-0.2, -0.15) is 0 Å². The van der Waals surface area contributed by atoms with Crippen molar-refractivity contribution < 1.29 is 19.4 Å². The van der Waals surface area contributed by atoms with Crippen LogP contribution in [0.15, 0.2) is 12.2 Å². The van der Waals surface area contributed by atoms with Crippen molar-refractivity contribution >= 4 is 5.97 Å². The third-order valence-electron chi connectivity index (χ3n) is 5.09. The quantitative estimate of drug-likeness (QED) is 0.483. The van der Waals surface area contributed by atoms with E-state index in [4.69, 9.17) is 14.6 Å². The Balaban J connectivity index is 1.56. The summed E-state index contributed by atoms with van der Waals surface area (Å²) in [5.74, 6) is 0.503. The fourth-order valence-corrected chi connectivity index (χ4v) is 3.60. The molecular formula is C19H32O4. The molecule has 1 heterocycles. The summed E-state index contributed by atoms with van der Waals surface area (Å²) in [6.07, 6.45) is 15.3. The second-order valence-corrected chi connectivity index (χ2v) is 6.97. The maximum absolute atomic E-state index is 10.4. The molecule has 1 saturated heterocycles. The molecule has 4 nitrogen and oxygen atoms in total. The predicted molar refractivity (Wildman–Crippen MR) is 90.5 cm³/mol. The van der Waals surface area contributed by atoms with E-state index in [-0.39, 0.29) is 6.42 Å². The molecule has 1 N–H and O–H groups in total. The first kappa shape index (κ1) is 18.5. The average molecular weight is 324 g/mol. The summed E-state index contributed by atoms with van der Waals surface area (Å²) in [6.45, 7) is 2.59. The third kappa shape index (κ3) is 7.49. The maximum atomic E-state index is 10.4. The van der Waals surface area contributed by atoms with Gasteiger partial charge in [0.2, 0.25) is 0 Å². The molecule has 23 heavy (non-hydrogen) atoms. The molecule has 2 aliphatic rings. The molecule has 0 radical (unpaired) electrons. The Kier molecular flexibility index (Phi) is 8.69. The number of ether oxygens (including phenoxy) is 2. The molecule has 1 aliphatic heterocycles. The Morgan fingerprint density at radius 3 is 2.70 bits per heavy atom. The highest BCUT2D eigenvalue weighted by Crippen LogP contribution is 2.28. The van der Waals surface area contributed by atoms with Crippen molar-refractivity contribution in [3.05, 3.63) is 12.2 Å². The fraction of sp³-hybridized carbons (Fsp3) is 0.842. The van der Waals surface area contributed by atoms with E-state index in [1.54, 1.807) is 0 Å². The summed E-state index contributed by atoms with van der Waals surface area (Å²) in [6, 6.07) is 0. The molecule has 1 saturated carbocycles. The van der Waals surface area contributed by atoms with Crippen LogP contribution in [0.1, 0.15) is 64.2 Å². The van der Waals surface area contributed by atoms with E-state index >= 15 is 0 Å². The van der Waals surface area contributed by atoms with Gasteiger partial charge in [0, 0.05) is 19.6 Å². The molecule has 1 aliphatic carbocycles. The maximum Gasteiger partial charge on any atom is 0.303 e. The van der Waals surface area contributed by atoms with Crippen LogP contribution in [-0.4, -0.2) is 37.0 Å². The van der Waals surface area contributed by atoms with E-state index in [9.17, 15) is 4.79 Å². The molecule has 0 amide bonds. The lowest BCUT2D eigenvalue weighted by molar-refractivity contribution is -0.137. The monoisotopic (exact) mass is 324 g/mol. The van der Waals surface area contributed by atoms with Crippen LogP contribution in [0.3, 0.4) is 0 Å². The van der Waals surface area contributed by atoms with Crippen LogP contribution in [-0.2, 0) is 14.3 Å². The third-order valence-corrected chi connectivity index (χ3v) is 5.09. The smallest absolute Gasteiger partial charge is 0.303 e. The molecule has 0 unspecified atom stereocenters. The van der Waals surface area contributed by atoms with E-state index < -0.39 is 5.97 Å². The van der Waals surface area contributed by atoms with E-state index in [1.807, 2.05) is 0 Å². The molecule has 0 aromatic carbocycles. The lowest BCUT2D eigenvalue weighted by Gasteiger charge is -2.23. The number of aliphatic carboxylic acids is 1. The van der Waals surface area contributed by atoms with Gasteiger partial charge in [-0.1, -0.05) is 31.4 Å². The van der Waals surface area contributed by atoms with Gasteiger partial charge >= 0.3 is 5.97 Å². The van der Waals surface area contributed by atoms with Crippen LogP contribution < -0.4 is 0 Å². The molecule has 2 rings (SSSR count). The van der Waals surface area contributed by atoms with Gasteiger partial charge in [-0.3, -0.25) is 4.79 Å². The highest BCUT2D eigenvalue weighted by Gasteiger charge is 2.27. The highest BCUT2D eigenvalue weighted by atomic mass is 16.5. The second kappa shape index (κ2) is 10.8. The van der Waals surface area contributed by atoms with Gasteiger partial charge in [-0.05, 0) is 50.4 Å². The summed E-state index contributed by atoms with van der Waals surface area (Å²) in [5.41, 5.74) is 0. The number of hydrogen-bond acceptors (Lipinski definition) is 3. The summed E-state index contributed by atoms with van der Waals surface area (Å²) >= 11 is 0. The number of carbonyl (C=O) groups is 1. The van der Waals surface area contributed by atoms with Crippen LogP contribution in [0, 0.1) is 11.8 Å². The number of carboxylic acid groups (broad SMARTS) is 1. The van der Waals surface area contributed by atoms with E-state index in [0.29, 0.717) is 17.9 Å². The normalized spacial score (nSPS) is 26.1. The van der Waals surface area contributed by atoms with E-state index in [1.165, 1.54) is 32.1 Å². The molecule has 0 aromatic rings. The van der Waals surface area contributed by atoms with Gasteiger partial charge in [0.15, 0.2) is 0 Å². The summed E-state index contributed by atoms with van der Waals surface area (Å²) in [4.78, 5) is 10.4. The van der Waals surface area contributed by atoms with Crippen LogP contribution in [0.5, 0.6) is 0 Å². The van der Waals surface area contributed by atoms with Crippen molar-refractivity contribution in [1.82, 2.24) is 0 Å². The Morgan fingerprint density at radius 1 is 1.13 bits per heavy atom. The van der Waals surface area contributed by atoms with Gasteiger partial charge in [-0.25, -0.2) is 0 Å². The first-order valence-electron chi connectivity index (χ1n) is 9.32. The zero-order valence-electron chi connectivity index (χ0n) is 14.3. The zero-order chi connectivity index (χ0) is 16.3. The van der Waals surface area contributed by atoms with Crippen LogP contribution in [0.25, 0.3) is 0 Å². The van der Waals surface area contributed by atoms with E-state index in [2.05, 4.69) is 12.2 Å². The minimum Gasteiger partial charge on any atom is -0.481 e. The molecule has 0 aromatic heterocycles. The predicted octanol–water partition coefficient (Wildman–Crippen LogP) is 4.19. The molecule has 0 spiro atoms. The van der Waals surface area contributed by atoms with Gasteiger partial charge in [0.1, 0.15) is 0 Å². The van der Waals surface area contributed by atoms with Gasteiger partial charge < -0.3 is 14.6 Å². The standard InChI is InChI=1S/C19H32O4/c20-19(21)11-7-2-1-4-8-16-14-22-15-17(16)12-13-23-18-9-5-3-6-10-18/h1,4,16-18H,2-3,5-15H2,(H,20,21)/t16-,17+/m0/s1. The molecular weight excluding hydrogens is 292 g/mol. The fourth-order valence-electron chi connectivity index (χ4n) is 3.60. The Labute approximate surface area is 140 Å². The molecule has 0 bridgehead atoms. The number of carboxylic acids is 1. The summed E-state index contributed by atoms with van der Waals surface area (Å²) in [7, 11) is 0. The van der Waals surface area contributed by atoms with Crippen molar-refractivity contribution in [1.29, 1.82) is 0 Å². The van der Waals surface area contributed by atoms with Gasteiger partial charge in [-0.15, -0.1) is 0 Å². The number of hydrogen-bond donors (Lipinski definition) is 1. The zero-order valence-corrected chi connectivity index (χ0v) is 14.3. The Morgan fingerprint density at radius 2 is 1.91 bits per heavy atom. The van der Waals surface area contributed by atoms with Crippen molar-refractivity contribution in [2.75, 3.05) is 19.8 Å². The number of rotatable bonds is 10. The SMILES string of the molecule is O=C(O)CCCC=CC[C@H]1COC[C@H]1CCOC1CCCCC1. The number of unbranched alkanes of at least 4 members (excludes halogenated alkanes) is 1. The largest absolute Gasteiger partial charge is 0.481 e. The lowest BCUT2D eigenvalue weighted by Crippen LogP contribution is -2.20.